The number of amides is 1. The summed E-state index contributed by atoms with van der Waals surface area (Å²) in [4.78, 5) is 20.5. The normalized spacial score (nSPS) is 15.5. The molecule has 1 atom stereocenters. The van der Waals surface area contributed by atoms with Crippen LogP contribution in [0, 0.1) is 6.92 Å². The lowest BCUT2D eigenvalue weighted by Crippen LogP contribution is -2.54. The fourth-order valence-electron chi connectivity index (χ4n) is 2.76. The van der Waals surface area contributed by atoms with Gasteiger partial charge in [0.25, 0.3) is 6.01 Å². The lowest BCUT2D eigenvalue weighted by Gasteiger charge is -2.34. The molecule has 1 amide bonds. The number of methoxy groups -OCH3 is 1. The summed E-state index contributed by atoms with van der Waals surface area (Å²) < 4.78 is 10.8. The predicted molar refractivity (Wildman–Crippen MR) is 102 cm³/mol. The zero-order valence-corrected chi connectivity index (χ0v) is 15.9. The molecule has 1 fully saturated rings. The smallest absolute Gasteiger partial charge is 0.298 e. The maximum Gasteiger partial charge on any atom is 0.298 e. The van der Waals surface area contributed by atoms with Crippen molar-refractivity contribution in [2.24, 2.45) is 5.73 Å². The molecular formula is C16H24Cl2N4O3. The minimum Gasteiger partial charge on any atom is -0.423 e. The highest BCUT2D eigenvalue weighted by Crippen LogP contribution is 2.23. The van der Waals surface area contributed by atoms with E-state index in [1.165, 1.54) is 0 Å². The van der Waals surface area contributed by atoms with Gasteiger partial charge in [-0.05, 0) is 24.6 Å². The van der Waals surface area contributed by atoms with Gasteiger partial charge in [-0.25, -0.2) is 0 Å². The molecule has 1 aliphatic heterocycles. The topological polar surface area (TPSA) is 84.8 Å². The highest BCUT2D eigenvalue weighted by Gasteiger charge is 2.27. The third-order valence-electron chi connectivity index (χ3n) is 4.06. The Morgan fingerprint density at radius 1 is 1.32 bits per heavy atom. The number of aryl methyl sites for hydroxylation is 1. The van der Waals surface area contributed by atoms with Crippen LogP contribution in [0.2, 0.25) is 0 Å². The molecule has 2 aromatic rings. The Morgan fingerprint density at radius 3 is 2.64 bits per heavy atom. The third kappa shape index (κ3) is 4.76. The number of nitrogens with zero attached hydrogens (tertiary/aromatic N) is 3. The molecule has 2 heterocycles. The van der Waals surface area contributed by atoms with Crippen molar-refractivity contribution in [3.8, 4) is 0 Å². The lowest BCUT2D eigenvalue weighted by molar-refractivity contribution is -0.134. The number of nitrogens with two attached hydrogens (primary N) is 1. The largest absolute Gasteiger partial charge is 0.423 e. The molecule has 1 aromatic heterocycles. The molecule has 1 unspecified atom stereocenters. The predicted octanol–water partition coefficient (Wildman–Crippen LogP) is 1.60. The van der Waals surface area contributed by atoms with E-state index in [0.717, 1.165) is 16.7 Å². The maximum absolute atomic E-state index is 12.2. The van der Waals surface area contributed by atoms with E-state index in [0.29, 0.717) is 32.2 Å². The molecule has 0 radical (unpaired) electrons. The number of ether oxygens (including phenoxy) is 1. The molecule has 0 spiro atoms. The molecule has 9 heteroatoms. The first kappa shape index (κ1) is 21.5. The Hall–Kier alpha value is -1.54. The van der Waals surface area contributed by atoms with Gasteiger partial charge in [0.15, 0.2) is 5.58 Å². The van der Waals surface area contributed by atoms with Gasteiger partial charge in [-0.3, -0.25) is 4.79 Å². The van der Waals surface area contributed by atoms with E-state index < -0.39 is 6.04 Å². The van der Waals surface area contributed by atoms with E-state index in [1.807, 2.05) is 25.1 Å². The van der Waals surface area contributed by atoms with Gasteiger partial charge >= 0.3 is 0 Å². The number of carbonyl (C=O) groups excluding carboxylic acids is 1. The van der Waals surface area contributed by atoms with E-state index >= 15 is 0 Å². The number of aromatic nitrogens is 1. The molecule has 1 saturated heterocycles. The molecule has 0 aliphatic carbocycles. The van der Waals surface area contributed by atoms with Gasteiger partial charge in [0.2, 0.25) is 5.91 Å². The van der Waals surface area contributed by atoms with Crippen LogP contribution in [0.1, 0.15) is 5.56 Å². The van der Waals surface area contributed by atoms with Crippen LogP contribution in [0.15, 0.2) is 22.6 Å². The van der Waals surface area contributed by atoms with E-state index in [4.69, 9.17) is 14.9 Å². The molecule has 7 nitrogen and oxygen atoms in total. The highest BCUT2D eigenvalue weighted by atomic mass is 35.5. The summed E-state index contributed by atoms with van der Waals surface area (Å²) in [5, 5.41) is 0. The fraction of sp³-hybridized carbons (Fsp3) is 0.500. The summed E-state index contributed by atoms with van der Waals surface area (Å²) in [5.41, 5.74) is 8.61. The molecular weight excluding hydrogens is 367 g/mol. The van der Waals surface area contributed by atoms with Crippen molar-refractivity contribution < 1.29 is 13.9 Å². The van der Waals surface area contributed by atoms with E-state index in [2.05, 4.69) is 9.88 Å². The van der Waals surface area contributed by atoms with Crippen molar-refractivity contribution in [3.63, 3.8) is 0 Å². The van der Waals surface area contributed by atoms with Crippen molar-refractivity contribution in [2.75, 3.05) is 44.8 Å². The van der Waals surface area contributed by atoms with Crippen LogP contribution in [0.4, 0.5) is 6.01 Å². The summed E-state index contributed by atoms with van der Waals surface area (Å²) in [6.45, 7) is 4.83. The van der Waals surface area contributed by atoms with Crippen LogP contribution >= 0.6 is 24.8 Å². The van der Waals surface area contributed by atoms with E-state index in [9.17, 15) is 4.79 Å². The minimum atomic E-state index is -0.598. The zero-order chi connectivity index (χ0) is 16.4. The highest BCUT2D eigenvalue weighted by molar-refractivity contribution is 5.85. The summed E-state index contributed by atoms with van der Waals surface area (Å²) in [5.74, 6) is -0.0697. The maximum atomic E-state index is 12.2. The van der Waals surface area contributed by atoms with Crippen molar-refractivity contribution in [1.29, 1.82) is 0 Å². The monoisotopic (exact) mass is 390 g/mol. The van der Waals surface area contributed by atoms with Crippen LogP contribution in [0.5, 0.6) is 0 Å². The van der Waals surface area contributed by atoms with Crippen molar-refractivity contribution in [1.82, 2.24) is 9.88 Å². The van der Waals surface area contributed by atoms with Crippen LogP contribution in [0.3, 0.4) is 0 Å². The van der Waals surface area contributed by atoms with Gasteiger partial charge < -0.3 is 24.7 Å². The number of piperazine rings is 1. The molecule has 140 valence electrons. The standard InChI is InChI=1S/C16H22N4O3.2ClH/c1-11-3-4-14-13(9-11)18-16(23-14)20-7-5-19(6-8-20)15(21)12(17)10-22-2;;/h3-4,9,12H,5-8,10,17H2,1-2H3;2*1H. The Labute approximate surface area is 159 Å². The molecule has 0 bridgehead atoms. The molecule has 1 aromatic carbocycles. The van der Waals surface area contributed by atoms with Crippen molar-refractivity contribution >= 4 is 47.8 Å². The van der Waals surface area contributed by atoms with Crippen LogP contribution in [-0.4, -0.2) is 61.7 Å². The number of oxazole rings is 1. The molecule has 25 heavy (non-hydrogen) atoms. The van der Waals surface area contributed by atoms with Gasteiger partial charge in [0, 0.05) is 33.3 Å². The molecule has 1 aliphatic rings. The van der Waals surface area contributed by atoms with E-state index in [-0.39, 0.29) is 37.3 Å². The number of carbonyl (C=O) groups is 1. The molecule has 0 saturated carbocycles. The number of benzene rings is 1. The van der Waals surface area contributed by atoms with Gasteiger partial charge in [-0.2, -0.15) is 4.98 Å². The number of hydrogen-bond donors (Lipinski definition) is 1. The Balaban J connectivity index is 0.00000156. The number of hydrogen-bond acceptors (Lipinski definition) is 6. The average molecular weight is 391 g/mol. The summed E-state index contributed by atoms with van der Waals surface area (Å²) in [6, 6.07) is 5.96. The number of fused-ring (bicyclic) bond motifs is 1. The van der Waals surface area contributed by atoms with Crippen molar-refractivity contribution in [2.45, 2.75) is 13.0 Å². The van der Waals surface area contributed by atoms with Gasteiger partial charge in [0.05, 0.1) is 6.61 Å². The molecule has 2 N–H and O–H groups in total. The fourth-order valence-corrected chi connectivity index (χ4v) is 2.76. The first-order valence-corrected chi connectivity index (χ1v) is 7.74. The van der Waals surface area contributed by atoms with Crippen molar-refractivity contribution in [3.05, 3.63) is 23.8 Å². The quantitative estimate of drug-likeness (QED) is 0.853. The Morgan fingerprint density at radius 2 is 2.00 bits per heavy atom. The van der Waals surface area contributed by atoms with Crippen LogP contribution in [-0.2, 0) is 9.53 Å². The third-order valence-corrected chi connectivity index (χ3v) is 4.06. The average Bonchev–Trinajstić information content (AvgIpc) is 2.97. The second-order valence-electron chi connectivity index (χ2n) is 5.84. The van der Waals surface area contributed by atoms with E-state index in [1.54, 1.807) is 12.0 Å². The number of anilines is 1. The van der Waals surface area contributed by atoms with Gasteiger partial charge in [-0.1, -0.05) is 6.07 Å². The summed E-state index contributed by atoms with van der Waals surface area (Å²) in [7, 11) is 1.54. The Bertz CT molecular complexity index is 702. The first-order valence-electron chi connectivity index (χ1n) is 7.74. The van der Waals surface area contributed by atoms with Gasteiger partial charge in [-0.15, -0.1) is 24.8 Å². The zero-order valence-electron chi connectivity index (χ0n) is 14.3. The second kappa shape index (κ2) is 9.24. The summed E-state index contributed by atoms with van der Waals surface area (Å²) in [6.07, 6.45) is 0. The lowest BCUT2D eigenvalue weighted by atomic mass is 10.2. The minimum absolute atomic E-state index is 0. The number of halogens is 2. The number of rotatable bonds is 4. The second-order valence-corrected chi connectivity index (χ2v) is 5.84. The van der Waals surface area contributed by atoms with Crippen LogP contribution in [0.25, 0.3) is 11.1 Å². The Kier molecular flexibility index (Phi) is 7.95. The first-order chi connectivity index (χ1) is 11.1. The SMILES string of the molecule is COCC(N)C(=O)N1CCN(c2nc3cc(C)ccc3o2)CC1.Cl.Cl. The van der Waals surface area contributed by atoms with Gasteiger partial charge in [0.1, 0.15) is 11.6 Å². The van der Waals surface area contributed by atoms with Crippen LogP contribution < -0.4 is 10.6 Å². The summed E-state index contributed by atoms with van der Waals surface area (Å²) >= 11 is 0. The molecule has 3 rings (SSSR count).